The van der Waals surface area contributed by atoms with E-state index < -0.39 is 11.6 Å². The smallest absolute Gasteiger partial charge is 0.159 e. The third-order valence-electron chi connectivity index (χ3n) is 3.18. The molecule has 0 aliphatic heterocycles. The van der Waals surface area contributed by atoms with Crippen LogP contribution in [0.5, 0.6) is 0 Å². The van der Waals surface area contributed by atoms with Crippen LogP contribution in [0.25, 0.3) is 0 Å². The molecule has 2 aromatic rings. The Balaban J connectivity index is 2.07. The maximum Gasteiger partial charge on any atom is 0.159 e. The monoisotopic (exact) mass is 307 g/mol. The Labute approximate surface area is 128 Å². The van der Waals surface area contributed by atoms with Crippen molar-refractivity contribution < 1.29 is 8.78 Å². The van der Waals surface area contributed by atoms with Crippen LogP contribution < -0.4 is 5.32 Å². The molecule has 0 spiro atoms. The van der Waals surface area contributed by atoms with E-state index in [-0.39, 0.29) is 0 Å². The molecule has 2 aromatic carbocycles. The van der Waals surface area contributed by atoms with Crippen LogP contribution in [-0.4, -0.2) is 6.54 Å². The van der Waals surface area contributed by atoms with E-state index in [4.69, 9.17) is 0 Å². The van der Waals surface area contributed by atoms with Gasteiger partial charge in [0.25, 0.3) is 0 Å². The van der Waals surface area contributed by atoms with E-state index in [1.165, 1.54) is 29.0 Å². The van der Waals surface area contributed by atoms with Crippen molar-refractivity contribution in [3.63, 3.8) is 0 Å². The molecule has 0 aromatic heterocycles. The first-order chi connectivity index (χ1) is 10.1. The van der Waals surface area contributed by atoms with Gasteiger partial charge in [0.1, 0.15) is 0 Å². The molecule has 0 saturated carbocycles. The third-order valence-corrected chi connectivity index (χ3v) is 4.16. The predicted octanol–water partition coefficient (Wildman–Crippen LogP) is 4.92. The number of nitrogens with one attached hydrogen (secondary N) is 1. The second-order valence-corrected chi connectivity index (χ2v) is 6.09. The van der Waals surface area contributed by atoms with Crippen LogP contribution in [-0.2, 0) is 6.54 Å². The molecule has 4 heteroatoms. The molecule has 21 heavy (non-hydrogen) atoms. The van der Waals surface area contributed by atoms with Gasteiger partial charge in [-0.15, -0.1) is 0 Å². The van der Waals surface area contributed by atoms with E-state index in [0.717, 1.165) is 30.5 Å². The zero-order chi connectivity index (χ0) is 15.2. The largest absolute Gasteiger partial charge is 0.313 e. The van der Waals surface area contributed by atoms with Crippen molar-refractivity contribution >= 4 is 11.8 Å². The lowest BCUT2D eigenvalue weighted by molar-refractivity contribution is 0.506. The molecule has 112 valence electrons. The Morgan fingerprint density at radius 3 is 2.38 bits per heavy atom. The summed E-state index contributed by atoms with van der Waals surface area (Å²) in [7, 11) is 0. The summed E-state index contributed by atoms with van der Waals surface area (Å²) in [6.07, 6.45) is 1.11. The molecule has 0 saturated heterocycles. The topological polar surface area (TPSA) is 12.0 Å². The first-order valence-corrected chi connectivity index (χ1v) is 7.85. The minimum absolute atomic E-state index is 0.699. The van der Waals surface area contributed by atoms with Crippen molar-refractivity contribution in [2.75, 3.05) is 6.54 Å². The van der Waals surface area contributed by atoms with Crippen LogP contribution in [0.2, 0.25) is 0 Å². The van der Waals surface area contributed by atoms with Crippen molar-refractivity contribution in [1.29, 1.82) is 0 Å². The quantitative estimate of drug-likeness (QED) is 0.760. The Morgan fingerprint density at radius 1 is 1.00 bits per heavy atom. The van der Waals surface area contributed by atoms with E-state index in [2.05, 4.69) is 31.3 Å². The summed E-state index contributed by atoms with van der Waals surface area (Å²) in [5.74, 6) is -1.62. The number of hydrogen-bond acceptors (Lipinski definition) is 2. The van der Waals surface area contributed by atoms with E-state index in [1.807, 2.05) is 6.07 Å². The van der Waals surface area contributed by atoms with Crippen LogP contribution in [0.4, 0.5) is 8.78 Å². The summed E-state index contributed by atoms with van der Waals surface area (Å²) < 4.78 is 26.1. The molecule has 1 N–H and O–H groups in total. The summed E-state index contributed by atoms with van der Waals surface area (Å²) in [5, 5.41) is 3.38. The predicted molar refractivity (Wildman–Crippen MR) is 83.7 cm³/mol. The minimum Gasteiger partial charge on any atom is -0.313 e. The van der Waals surface area contributed by atoms with Crippen LogP contribution in [0, 0.1) is 18.6 Å². The Bertz CT molecular complexity index is 614. The number of rotatable bonds is 6. The SMILES string of the molecule is CCCNCc1ccc(Sc2ccc(F)c(F)c2)cc1C. The molecule has 2 rings (SSSR count). The molecule has 0 aliphatic rings. The molecule has 0 bridgehead atoms. The highest BCUT2D eigenvalue weighted by Gasteiger charge is 2.05. The van der Waals surface area contributed by atoms with Gasteiger partial charge in [-0.25, -0.2) is 8.78 Å². The van der Waals surface area contributed by atoms with Gasteiger partial charge in [-0.1, -0.05) is 24.8 Å². The van der Waals surface area contributed by atoms with Crippen LogP contribution >= 0.6 is 11.8 Å². The number of benzene rings is 2. The zero-order valence-corrected chi connectivity index (χ0v) is 13.1. The van der Waals surface area contributed by atoms with Crippen molar-refractivity contribution in [2.45, 2.75) is 36.6 Å². The minimum atomic E-state index is -0.812. The number of aryl methyl sites for hydroxylation is 1. The number of hydrogen-bond donors (Lipinski definition) is 1. The summed E-state index contributed by atoms with van der Waals surface area (Å²) in [4.78, 5) is 1.72. The Morgan fingerprint density at radius 2 is 1.71 bits per heavy atom. The fourth-order valence-corrected chi connectivity index (χ4v) is 2.95. The third kappa shape index (κ3) is 4.55. The van der Waals surface area contributed by atoms with Gasteiger partial charge in [0.2, 0.25) is 0 Å². The fraction of sp³-hybridized carbons (Fsp3) is 0.294. The van der Waals surface area contributed by atoms with Gasteiger partial charge in [0.15, 0.2) is 11.6 Å². The van der Waals surface area contributed by atoms with Crippen molar-refractivity contribution in [3.05, 3.63) is 59.2 Å². The Kier molecular flexibility index (Phi) is 5.76. The highest BCUT2D eigenvalue weighted by Crippen LogP contribution is 2.30. The molecule has 0 amide bonds. The normalized spacial score (nSPS) is 10.9. The molecule has 0 aliphatic carbocycles. The Hall–Kier alpha value is -1.39. The van der Waals surface area contributed by atoms with Crippen molar-refractivity contribution in [2.24, 2.45) is 0 Å². The van der Waals surface area contributed by atoms with Gasteiger partial charge in [-0.05, 0) is 61.3 Å². The van der Waals surface area contributed by atoms with Crippen LogP contribution in [0.15, 0.2) is 46.2 Å². The van der Waals surface area contributed by atoms with Crippen molar-refractivity contribution in [1.82, 2.24) is 5.32 Å². The standard InChI is InChI=1S/C17H19F2NS/c1-3-8-20-11-13-4-5-14(9-12(13)2)21-15-6-7-16(18)17(19)10-15/h4-7,9-10,20H,3,8,11H2,1-2H3. The summed E-state index contributed by atoms with van der Waals surface area (Å²) in [5.41, 5.74) is 2.46. The first kappa shape index (κ1) is 16.0. The molecule has 0 atom stereocenters. The molecule has 0 radical (unpaired) electrons. The van der Waals surface area contributed by atoms with E-state index >= 15 is 0 Å². The lowest BCUT2D eigenvalue weighted by Gasteiger charge is -2.09. The average molecular weight is 307 g/mol. The average Bonchev–Trinajstić information content (AvgIpc) is 2.45. The highest BCUT2D eigenvalue weighted by atomic mass is 32.2. The van der Waals surface area contributed by atoms with E-state index in [9.17, 15) is 8.78 Å². The van der Waals surface area contributed by atoms with Crippen LogP contribution in [0.1, 0.15) is 24.5 Å². The molecular formula is C17H19F2NS. The van der Waals surface area contributed by atoms with Gasteiger partial charge in [0, 0.05) is 16.3 Å². The highest BCUT2D eigenvalue weighted by molar-refractivity contribution is 7.99. The maximum absolute atomic E-state index is 13.2. The van der Waals surface area contributed by atoms with Crippen molar-refractivity contribution in [3.8, 4) is 0 Å². The maximum atomic E-state index is 13.2. The summed E-state index contributed by atoms with van der Waals surface area (Å²) in [6, 6.07) is 10.2. The van der Waals surface area contributed by atoms with Gasteiger partial charge < -0.3 is 5.32 Å². The second kappa shape index (κ2) is 7.57. The van der Waals surface area contributed by atoms with Gasteiger partial charge in [0.05, 0.1) is 0 Å². The molecule has 0 heterocycles. The molecular weight excluding hydrogens is 288 g/mol. The number of halogens is 2. The second-order valence-electron chi connectivity index (χ2n) is 4.94. The van der Waals surface area contributed by atoms with Gasteiger partial charge in [-0.2, -0.15) is 0 Å². The fourth-order valence-electron chi connectivity index (χ4n) is 2.01. The van der Waals surface area contributed by atoms with Crippen LogP contribution in [0.3, 0.4) is 0 Å². The first-order valence-electron chi connectivity index (χ1n) is 7.03. The molecule has 0 unspecified atom stereocenters. The van der Waals surface area contributed by atoms with Gasteiger partial charge >= 0.3 is 0 Å². The molecule has 1 nitrogen and oxygen atoms in total. The lowest BCUT2D eigenvalue weighted by Crippen LogP contribution is -2.14. The lowest BCUT2D eigenvalue weighted by atomic mass is 10.1. The van der Waals surface area contributed by atoms with Gasteiger partial charge in [-0.3, -0.25) is 0 Å². The molecule has 0 fully saturated rings. The summed E-state index contributed by atoms with van der Waals surface area (Å²) in [6.45, 7) is 6.07. The van der Waals surface area contributed by atoms with E-state index in [1.54, 1.807) is 6.07 Å². The zero-order valence-electron chi connectivity index (χ0n) is 12.2. The van der Waals surface area contributed by atoms with E-state index in [0.29, 0.717) is 4.90 Å². The summed E-state index contributed by atoms with van der Waals surface area (Å²) >= 11 is 1.43.